The fourth-order valence-corrected chi connectivity index (χ4v) is 3.00. The minimum atomic E-state index is -0.270. The van der Waals surface area contributed by atoms with Crippen LogP contribution < -0.4 is 10.2 Å². The van der Waals surface area contributed by atoms with Gasteiger partial charge >= 0.3 is 6.03 Å². The van der Waals surface area contributed by atoms with E-state index < -0.39 is 0 Å². The first-order valence-electron chi connectivity index (χ1n) is 8.06. The number of anilines is 1. The molecule has 0 aliphatic carbocycles. The van der Waals surface area contributed by atoms with Crippen LogP contribution in [-0.4, -0.2) is 12.6 Å². The Morgan fingerprint density at radius 3 is 2.65 bits per heavy atom. The first-order chi connectivity index (χ1) is 11.1. The molecule has 1 N–H and O–H groups in total. The zero-order valence-corrected chi connectivity index (χ0v) is 13.3. The number of benzene rings is 2. The highest BCUT2D eigenvalue weighted by atomic mass is 19.1. The number of fused-ring (bicyclic) bond motifs is 1. The second-order valence-electron chi connectivity index (χ2n) is 5.96. The van der Waals surface area contributed by atoms with E-state index in [2.05, 4.69) is 11.4 Å². The van der Waals surface area contributed by atoms with Crippen molar-refractivity contribution >= 4 is 11.7 Å². The average Bonchev–Trinajstić information content (AvgIpc) is 2.77. The maximum atomic E-state index is 13.0. The third-order valence-corrected chi connectivity index (χ3v) is 4.32. The monoisotopic (exact) mass is 312 g/mol. The Kier molecular flexibility index (Phi) is 4.60. The third-order valence-electron chi connectivity index (χ3n) is 4.32. The number of nitrogens with zero attached hydrogens (tertiary/aromatic N) is 1. The summed E-state index contributed by atoms with van der Waals surface area (Å²) in [6, 6.07) is 14.0. The number of aryl methyl sites for hydroxylation is 1. The van der Waals surface area contributed by atoms with Crippen molar-refractivity contribution in [2.45, 2.75) is 32.2 Å². The summed E-state index contributed by atoms with van der Waals surface area (Å²) in [6.45, 7) is 2.63. The summed E-state index contributed by atoms with van der Waals surface area (Å²) >= 11 is 0. The fraction of sp³-hybridized carbons (Fsp3) is 0.316. The van der Waals surface area contributed by atoms with Crippen molar-refractivity contribution < 1.29 is 9.18 Å². The molecule has 1 atom stereocenters. The molecule has 0 saturated heterocycles. The number of para-hydroxylation sites is 1. The number of amides is 2. The van der Waals surface area contributed by atoms with Crippen molar-refractivity contribution in [1.29, 1.82) is 0 Å². The van der Waals surface area contributed by atoms with Crippen LogP contribution in [0.1, 0.15) is 36.9 Å². The molecule has 1 unspecified atom stereocenters. The molecule has 1 heterocycles. The van der Waals surface area contributed by atoms with E-state index in [0.717, 1.165) is 37.1 Å². The molecule has 2 amide bonds. The highest BCUT2D eigenvalue weighted by Crippen LogP contribution is 2.26. The molecular weight excluding hydrogens is 291 g/mol. The number of hydrogen-bond acceptors (Lipinski definition) is 1. The van der Waals surface area contributed by atoms with Gasteiger partial charge < -0.3 is 5.32 Å². The number of halogens is 1. The first-order valence-corrected chi connectivity index (χ1v) is 8.06. The van der Waals surface area contributed by atoms with Crippen molar-refractivity contribution in [3.05, 3.63) is 65.5 Å². The Hall–Kier alpha value is -2.36. The molecule has 2 aromatic carbocycles. The lowest BCUT2D eigenvalue weighted by Gasteiger charge is -2.25. The zero-order valence-electron chi connectivity index (χ0n) is 13.3. The normalized spacial score (nSPS) is 15.5. The standard InChI is InChI=1S/C19H21FN2O/c1-14(15-9-11-17(20)12-10-15)21-19(23)22-13-5-4-7-16-6-2-3-8-18(16)22/h2-3,6,8-12,14H,4-5,7,13H2,1H3,(H,21,23). The van der Waals surface area contributed by atoms with E-state index in [1.54, 1.807) is 12.1 Å². The second kappa shape index (κ2) is 6.82. The van der Waals surface area contributed by atoms with Crippen LogP contribution in [0.4, 0.5) is 14.9 Å². The molecule has 0 spiro atoms. The van der Waals surface area contributed by atoms with Crippen LogP contribution in [0.15, 0.2) is 48.5 Å². The van der Waals surface area contributed by atoms with E-state index in [0.29, 0.717) is 0 Å². The van der Waals surface area contributed by atoms with Crippen molar-refractivity contribution in [3.8, 4) is 0 Å². The number of carbonyl (C=O) groups excluding carboxylic acids is 1. The van der Waals surface area contributed by atoms with Crippen molar-refractivity contribution in [3.63, 3.8) is 0 Å². The maximum Gasteiger partial charge on any atom is 0.322 e. The summed E-state index contributed by atoms with van der Waals surface area (Å²) in [5, 5.41) is 3.02. The van der Waals surface area contributed by atoms with Gasteiger partial charge in [-0.3, -0.25) is 4.90 Å². The van der Waals surface area contributed by atoms with Gasteiger partial charge in [-0.1, -0.05) is 30.3 Å². The van der Waals surface area contributed by atoms with Gasteiger partial charge in [0.1, 0.15) is 5.82 Å². The molecule has 120 valence electrons. The molecule has 2 aromatic rings. The average molecular weight is 312 g/mol. The number of urea groups is 1. The van der Waals surface area contributed by atoms with E-state index in [1.165, 1.54) is 17.7 Å². The van der Waals surface area contributed by atoms with Gasteiger partial charge in [0.2, 0.25) is 0 Å². The van der Waals surface area contributed by atoms with Gasteiger partial charge in [-0.05, 0) is 55.5 Å². The molecule has 23 heavy (non-hydrogen) atoms. The second-order valence-corrected chi connectivity index (χ2v) is 5.96. The third kappa shape index (κ3) is 3.52. The predicted molar refractivity (Wildman–Crippen MR) is 90.1 cm³/mol. The van der Waals surface area contributed by atoms with Gasteiger partial charge in [0, 0.05) is 12.2 Å². The maximum absolute atomic E-state index is 13.0. The van der Waals surface area contributed by atoms with E-state index in [9.17, 15) is 9.18 Å². The van der Waals surface area contributed by atoms with Gasteiger partial charge in [0.05, 0.1) is 6.04 Å². The number of carbonyl (C=O) groups is 1. The lowest BCUT2D eigenvalue weighted by Crippen LogP contribution is -2.41. The van der Waals surface area contributed by atoms with E-state index in [-0.39, 0.29) is 17.9 Å². The van der Waals surface area contributed by atoms with Crippen LogP contribution >= 0.6 is 0 Å². The van der Waals surface area contributed by atoms with Gasteiger partial charge in [0.25, 0.3) is 0 Å². The molecule has 3 rings (SSSR count). The lowest BCUT2D eigenvalue weighted by molar-refractivity contribution is 0.243. The van der Waals surface area contributed by atoms with Crippen LogP contribution in [0.3, 0.4) is 0 Å². The minimum absolute atomic E-state index is 0.101. The molecule has 1 aliphatic heterocycles. The Balaban J connectivity index is 1.76. The molecule has 1 aliphatic rings. The molecule has 0 aromatic heterocycles. The van der Waals surface area contributed by atoms with Gasteiger partial charge in [-0.25, -0.2) is 9.18 Å². The Morgan fingerprint density at radius 1 is 1.13 bits per heavy atom. The number of hydrogen-bond donors (Lipinski definition) is 1. The summed E-state index contributed by atoms with van der Waals surface area (Å²) in [7, 11) is 0. The summed E-state index contributed by atoms with van der Waals surface area (Å²) in [6.07, 6.45) is 3.09. The lowest BCUT2D eigenvalue weighted by atomic mass is 10.1. The van der Waals surface area contributed by atoms with Gasteiger partial charge in [-0.2, -0.15) is 0 Å². The number of rotatable bonds is 2. The molecule has 4 heteroatoms. The Morgan fingerprint density at radius 2 is 1.87 bits per heavy atom. The van der Waals surface area contributed by atoms with Crippen LogP contribution in [0.5, 0.6) is 0 Å². The Bertz CT molecular complexity index is 684. The topological polar surface area (TPSA) is 32.3 Å². The van der Waals surface area contributed by atoms with Crippen molar-refractivity contribution in [1.82, 2.24) is 5.32 Å². The van der Waals surface area contributed by atoms with Crippen LogP contribution in [0.2, 0.25) is 0 Å². The van der Waals surface area contributed by atoms with Crippen LogP contribution in [0, 0.1) is 5.82 Å². The number of nitrogens with one attached hydrogen (secondary N) is 1. The summed E-state index contributed by atoms with van der Waals surface area (Å²) in [5.41, 5.74) is 3.10. The molecular formula is C19H21FN2O. The summed E-state index contributed by atoms with van der Waals surface area (Å²) in [5.74, 6) is -0.270. The van der Waals surface area contributed by atoms with E-state index in [4.69, 9.17) is 0 Å². The van der Waals surface area contributed by atoms with Crippen LogP contribution in [0.25, 0.3) is 0 Å². The zero-order chi connectivity index (χ0) is 16.2. The van der Waals surface area contributed by atoms with Gasteiger partial charge in [-0.15, -0.1) is 0 Å². The van der Waals surface area contributed by atoms with Gasteiger partial charge in [0.15, 0.2) is 0 Å². The molecule has 0 bridgehead atoms. The predicted octanol–water partition coefficient (Wildman–Crippen LogP) is 4.44. The van der Waals surface area contributed by atoms with Crippen molar-refractivity contribution in [2.24, 2.45) is 0 Å². The minimum Gasteiger partial charge on any atom is -0.331 e. The molecule has 0 fully saturated rings. The van der Waals surface area contributed by atoms with E-state index in [1.807, 2.05) is 30.0 Å². The molecule has 0 saturated carbocycles. The SMILES string of the molecule is CC(NC(=O)N1CCCCc2ccccc21)c1ccc(F)cc1. The van der Waals surface area contributed by atoms with Crippen LogP contribution in [-0.2, 0) is 6.42 Å². The fourth-order valence-electron chi connectivity index (χ4n) is 3.00. The molecule has 0 radical (unpaired) electrons. The smallest absolute Gasteiger partial charge is 0.322 e. The Labute approximate surface area is 136 Å². The van der Waals surface area contributed by atoms with E-state index >= 15 is 0 Å². The first kappa shape index (κ1) is 15.5. The summed E-state index contributed by atoms with van der Waals surface area (Å²) in [4.78, 5) is 14.5. The summed E-state index contributed by atoms with van der Waals surface area (Å²) < 4.78 is 13.0. The highest BCUT2D eigenvalue weighted by Gasteiger charge is 2.22. The van der Waals surface area contributed by atoms with Crippen molar-refractivity contribution in [2.75, 3.05) is 11.4 Å². The quantitative estimate of drug-likeness (QED) is 0.873. The largest absolute Gasteiger partial charge is 0.331 e. The highest BCUT2D eigenvalue weighted by molar-refractivity contribution is 5.93. The molecule has 3 nitrogen and oxygen atoms in total.